The molecule has 35 heavy (non-hydrogen) atoms. The fraction of sp³-hybridized carbons (Fsp3) is 0.143. The monoisotopic (exact) mass is 537 g/mol. The van der Waals surface area contributed by atoms with Gasteiger partial charge in [-0.05, 0) is 42.5 Å². The van der Waals surface area contributed by atoms with Crippen LogP contribution in [-0.2, 0) is 14.9 Å². The number of halogens is 1. The summed E-state index contributed by atoms with van der Waals surface area (Å²) in [6.45, 7) is 1.09. The minimum absolute atomic E-state index is 0.106. The van der Waals surface area contributed by atoms with Gasteiger partial charge < -0.3 is 15.4 Å². The lowest BCUT2D eigenvalue weighted by molar-refractivity contribution is 0.102. The van der Waals surface area contributed by atoms with Crippen LogP contribution in [0.2, 0.25) is 4.34 Å². The standard InChI is InChI=1S/C20H16ClN5O3S.CH4O3S/c21-17-6-5-16(30-17)19(28)25-15-7-8-23-11-14(15)18(27)24-12-1-3-13(4-2-12)26-9-10-29-20(26)22;1-5(2,3)4/h1-8,11,22H,9-10H2,(H,24,27)(H,23,25,28);1H3,(H,2,3,4). The number of benzene rings is 1. The van der Waals surface area contributed by atoms with Crippen molar-refractivity contribution >= 4 is 68.0 Å². The molecule has 4 rings (SSSR count). The minimum Gasteiger partial charge on any atom is -0.463 e. The SMILES string of the molecule is CS(=O)(=O)O.N=C1OCCN1c1ccc(NC(=O)c2cnccc2NC(=O)c2ccc(Cl)s2)cc1. The van der Waals surface area contributed by atoms with Gasteiger partial charge in [0, 0.05) is 23.8 Å². The van der Waals surface area contributed by atoms with Gasteiger partial charge in [-0.15, -0.1) is 11.3 Å². The predicted octanol–water partition coefficient (Wildman–Crippen LogP) is 3.58. The quantitative estimate of drug-likeness (QED) is 0.359. The first-order valence-electron chi connectivity index (χ1n) is 9.85. The number of rotatable bonds is 5. The summed E-state index contributed by atoms with van der Waals surface area (Å²) in [6, 6.07) is 12.0. The van der Waals surface area contributed by atoms with E-state index in [1.54, 1.807) is 47.4 Å². The van der Waals surface area contributed by atoms with Crippen LogP contribution >= 0.6 is 22.9 Å². The van der Waals surface area contributed by atoms with Gasteiger partial charge in [0.2, 0.25) is 0 Å². The lowest BCUT2D eigenvalue weighted by Crippen LogP contribution is -2.23. The number of aromatic nitrogens is 1. The van der Waals surface area contributed by atoms with Crippen molar-refractivity contribution in [3.63, 3.8) is 0 Å². The average molecular weight is 538 g/mol. The summed E-state index contributed by atoms with van der Waals surface area (Å²) < 4.78 is 31.5. The average Bonchev–Trinajstić information content (AvgIpc) is 3.42. The van der Waals surface area contributed by atoms with E-state index in [0.717, 1.165) is 17.0 Å². The number of carbonyl (C=O) groups excluding carboxylic acids is 2. The number of amides is 2. The van der Waals surface area contributed by atoms with Gasteiger partial charge in [-0.25, -0.2) is 0 Å². The summed E-state index contributed by atoms with van der Waals surface area (Å²) in [5.74, 6) is -0.764. The van der Waals surface area contributed by atoms with Gasteiger partial charge in [0.25, 0.3) is 28.0 Å². The number of hydrogen-bond donors (Lipinski definition) is 4. The summed E-state index contributed by atoms with van der Waals surface area (Å²) in [5.41, 5.74) is 1.95. The number of anilines is 3. The molecule has 1 aliphatic heterocycles. The molecule has 0 unspecified atom stereocenters. The number of amidine groups is 1. The Labute approximate surface area is 210 Å². The molecule has 0 radical (unpaired) electrons. The van der Waals surface area contributed by atoms with Crippen LogP contribution in [0.4, 0.5) is 17.1 Å². The van der Waals surface area contributed by atoms with E-state index in [9.17, 15) is 18.0 Å². The topological polar surface area (TPSA) is 162 Å². The van der Waals surface area contributed by atoms with Crippen molar-refractivity contribution in [1.29, 1.82) is 5.41 Å². The van der Waals surface area contributed by atoms with Gasteiger partial charge in [0.15, 0.2) is 0 Å². The summed E-state index contributed by atoms with van der Waals surface area (Å²) >= 11 is 7.04. The molecule has 3 heterocycles. The molecule has 0 saturated carbocycles. The van der Waals surface area contributed by atoms with Crippen LogP contribution in [0.1, 0.15) is 20.0 Å². The number of ether oxygens (including phenoxy) is 1. The largest absolute Gasteiger partial charge is 0.463 e. The molecule has 1 saturated heterocycles. The Morgan fingerprint density at radius 3 is 2.40 bits per heavy atom. The van der Waals surface area contributed by atoms with E-state index in [2.05, 4.69) is 15.6 Å². The van der Waals surface area contributed by atoms with Crippen molar-refractivity contribution in [2.45, 2.75) is 0 Å². The highest BCUT2D eigenvalue weighted by Crippen LogP contribution is 2.24. The normalized spacial score (nSPS) is 12.9. The van der Waals surface area contributed by atoms with Crippen LogP contribution in [-0.4, -0.2) is 55.2 Å². The molecule has 11 nitrogen and oxygen atoms in total. The molecule has 0 aliphatic carbocycles. The Morgan fingerprint density at radius 2 is 1.83 bits per heavy atom. The second kappa shape index (κ2) is 11.3. The Hall–Kier alpha value is -3.52. The Balaban J connectivity index is 0.000000623. The maximum absolute atomic E-state index is 12.8. The number of nitrogens with one attached hydrogen (secondary N) is 3. The van der Waals surface area contributed by atoms with Crippen molar-refractivity contribution in [2.75, 3.05) is 34.9 Å². The van der Waals surface area contributed by atoms with Crippen LogP contribution in [0.25, 0.3) is 0 Å². The van der Waals surface area contributed by atoms with E-state index in [-0.39, 0.29) is 17.5 Å². The van der Waals surface area contributed by atoms with Gasteiger partial charge in [-0.1, -0.05) is 11.6 Å². The van der Waals surface area contributed by atoms with E-state index in [1.165, 1.54) is 12.4 Å². The van der Waals surface area contributed by atoms with Gasteiger partial charge >= 0.3 is 0 Å². The second-order valence-electron chi connectivity index (χ2n) is 7.02. The Bertz CT molecular complexity index is 1340. The summed E-state index contributed by atoms with van der Waals surface area (Å²) in [4.78, 5) is 31.3. The molecule has 3 aromatic rings. The molecular formula is C21H20ClN5O6S2. The molecule has 0 atom stereocenters. The van der Waals surface area contributed by atoms with Crippen LogP contribution in [0, 0.1) is 5.41 Å². The lowest BCUT2D eigenvalue weighted by atomic mass is 10.2. The third-order valence-corrected chi connectivity index (χ3v) is 5.58. The molecule has 0 spiro atoms. The zero-order valence-corrected chi connectivity index (χ0v) is 20.6. The van der Waals surface area contributed by atoms with Gasteiger partial charge in [-0.3, -0.25) is 29.4 Å². The molecule has 2 aromatic heterocycles. The van der Waals surface area contributed by atoms with Crippen molar-refractivity contribution < 1.29 is 27.3 Å². The molecule has 14 heteroatoms. The number of pyridine rings is 1. The first-order chi connectivity index (χ1) is 16.5. The highest BCUT2D eigenvalue weighted by atomic mass is 35.5. The van der Waals surface area contributed by atoms with E-state index in [4.69, 9.17) is 26.3 Å². The number of nitrogens with zero attached hydrogens (tertiary/aromatic N) is 2. The Morgan fingerprint density at radius 1 is 1.14 bits per heavy atom. The Kier molecular flexibility index (Phi) is 8.40. The lowest BCUT2D eigenvalue weighted by Gasteiger charge is -2.15. The fourth-order valence-electron chi connectivity index (χ4n) is 2.89. The van der Waals surface area contributed by atoms with Crippen molar-refractivity contribution in [3.05, 3.63) is 69.6 Å². The fourth-order valence-corrected chi connectivity index (χ4v) is 3.83. The molecule has 1 aliphatic rings. The third kappa shape index (κ3) is 7.75. The minimum atomic E-state index is -3.67. The highest BCUT2D eigenvalue weighted by Gasteiger charge is 2.20. The maximum atomic E-state index is 12.8. The first kappa shape index (κ1) is 26.1. The smallest absolute Gasteiger partial charge is 0.289 e. The maximum Gasteiger partial charge on any atom is 0.289 e. The van der Waals surface area contributed by atoms with E-state index in [1.807, 2.05) is 0 Å². The van der Waals surface area contributed by atoms with E-state index < -0.39 is 16.0 Å². The molecule has 2 amide bonds. The van der Waals surface area contributed by atoms with E-state index in [0.29, 0.717) is 40.0 Å². The summed E-state index contributed by atoms with van der Waals surface area (Å²) in [7, 11) is -3.67. The van der Waals surface area contributed by atoms with E-state index >= 15 is 0 Å². The zero-order chi connectivity index (χ0) is 25.6. The molecular weight excluding hydrogens is 518 g/mol. The van der Waals surface area contributed by atoms with Crippen LogP contribution in [0.5, 0.6) is 0 Å². The van der Waals surface area contributed by atoms with Crippen molar-refractivity contribution in [2.24, 2.45) is 0 Å². The van der Waals surface area contributed by atoms with Crippen LogP contribution < -0.4 is 15.5 Å². The predicted molar refractivity (Wildman–Crippen MR) is 134 cm³/mol. The number of thiophene rings is 1. The van der Waals surface area contributed by atoms with Crippen molar-refractivity contribution in [1.82, 2.24) is 4.98 Å². The number of carbonyl (C=O) groups is 2. The summed E-state index contributed by atoms with van der Waals surface area (Å²) in [5, 5.41) is 13.3. The molecule has 184 valence electrons. The van der Waals surface area contributed by atoms with Crippen molar-refractivity contribution in [3.8, 4) is 0 Å². The zero-order valence-electron chi connectivity index (χ0n) is 18.2. The van der Waals surface area contributed by atoms with Crippen LogP contribution in [0.15, 0.2) is 54.9 Å². The first-order valence-corrected chi connectivity index (χ1v) is 12.9. The van der Waals surface area contributed by atoms with Gasteiger partial charge in [-0.2, -0.15) is 8.42 Å². The third-order valence-electron chi connectivity index (χ3n) is 4.35. The van der Waals surface area contributed by atoms with Crippen LogP contribution in [0.3, 0.4) is 0 Å². The number of hydrogen-bond acceptors (Lipinski definition) is 8. The molecule has 1 aromatic carbocycles. The molecule has 4 N–H and O–H groups in total. The second-order valence-corrected chi connectivity index (χ2v) is 10.2. The van der Waals surface area contributed by atoms with Gasteiger partial charge in [0.05, 0.1) is 33.3 Å². The molecule has 1 fully saturated rings. The molecule has 0 bridgehead atoms. The van der Waals surface area contributed by atoms with Gasteiger partial charge in [0.1, 0.15) is 6.61 Å². The highest BCUT2D eigenvalue weighted by molar-refractivity contribution is 7.85. The summed E-state index contributed by atoms with van der Waals surface area (Å²) in [6.07, 6.45) is 3.60.